The molecule has 9 nitrogen and oxygen atoms in total. The average Bonchev–Trinajstić information content (AvgIpc) is 3.41. The fourth-order valence-corrected chi connectivity index (χ4v) is 4.80. The fourth-order valence-electron chi connectivity index (χ4n) is 4.67. The molecule has 1 saturated carbocycles. The minimum Gasteiger partial charge on any atom is -0.493 e. The lowest BCUT2D eigenvalue weighted by Gasteiger charge is -2.36. The zero-order chi connectivity index (χ0) is 27.7. The average molecular weight is 548 g/mol. The molecule has 1 aliphatic carbocycles. The van der Waals surface area contributed by atoms with Crippen molar-refractivity contribution < 1.29 is 28.5 Å². The molecule has 2 N–H and O–H groups in total. The third-order valence-electron chi connectivity index (χ3n) is 7.05. The smallest absolute Gasteiger partial charge is 0.252 e. The van der Waals surface area contributed by atoms with Crippen LogP contribution in [0.15, 0.2) is 36.4 Å². The summed E-state index contributed by atoms with van der Waals surface area (Å²) in [6.45, 7) is 0.791. The molecule has 0 bridgehead atoms. The van der Waals surface area contributed by atoms with Crippen LogP contribution in [0.4, 0.5) is 0 Å². The van der Waals surface area contributed by atoms with E-state index in [9.17, 15) is 9.59 Å². The highest BCUT2D eigenvalue weighted by Gasteiger charge is 2.37. The van der Waals surface area contributed by atoms with Gasteiger partial charge in [0.2, 0.25) is 11.7 Å². The van der Waals surface area contributed by atoms with Crippen molar-refractivity contribution in [1.29, 1.82) is 0 Å². The number of carbonyl (C=O) groups is 2. The lowest BCUT2D eigenvalue weighted by atomic mass is 9.96. The molecule has 0 saturated heterocycles. The standard InChI is InChI=1S/C28H38ClN3O6/c1-32(2)28(12-6-7-13-28)18-30-27(34)22(17-35-3)31-26(33)20-14-23(36-4)25(24(15-20)37-5)38-16-19-8-10-21(29)11-9-19/h8-11,14-15,22H,6-7,12-13,16-18H2,1-5H3,(H,30,34)(H,31,33)/t22-/m0/s1. The second-order valence-corrected chi connectivity index (χ2v) is 10.1. The second-order valence-electron chi connectivity index (χ2n) is 9.65. The van der Waals surface area contributed by atoms with E-state index in [0.29, 0.717) is 28.8 Å². The fraction of sp³-hybridized carbons (Fsp3) is 0.500. The Labute approximate surface area is 229 Å². The number of likely N-dealkylation sites (N-methyl/N-ethyl adjacent to an activating group) is 1. The monoisotopic (exact) mass is 547 g/mol. The highest BCUT2D eigenvalue weighted by Crippen LogP contribution is 2.39. The van der Waals surface area contributed by atoms with Crippen LogP contribution in [0.2, 0.25) is 5.02 Å². The van der Waals surface area contributed by atoms with E-state index in [-0.39, 0.29) is 30.2 Å². The maximum atomic E-state index is 13.2. The van der Waals surface area contributed by atoms with Crippen LogP contribution in [-0.4, -0.2) is 76.9 Å². The van der Waals surface area contributed by atoms with Crippen molar-refractivity contribution in [1.82, 2.24) is 15.5 Å². The van der Waals surface area contributed by atoms with Gasteiger partial charge in [0, 0.05) is 29.8 Å². The molecule has 0 aliphatic heterocycles. The summed E-state index contributed by atoms with van der Waals surface area (Å²) in [6, 6.07) is 9.51. The number of benzene rings is 2. The van der Waals surface area contributed by atoms with Crippen LogP contribution in [0.5, 0.6) is 17.2 Å². The van der Waals surface area contributed by atoms with E-state index in [1.165, 1.54) is 21.3 Å². The summed E-state index contributed by atoms with van der Waals surface area (Å²) in [7, 11) is 8.53. The van der Waals surface area contributed by atoms with E-state index in [4.69, 9.17) is 30.5 Å². The van der Waals surface area contributed by atoms with Crippen LogP contribution >= 0.6 is 11.6 Å². The molecule has 38 heavy (non-hydrogen) atoms. The van der Waals surface area contributed by atoms with E-state index in [2.05, 4.69) is 15.5 Å². The zero-order valence-electron chi connectivity index (χ0n) is 22.8. The molecule has 10 heteroatoms. The molecular formula is C28H38ClN3O6. The normalized spacial score (nSPS) is 15.1. The quantitative estimate of drug-likeness (QED) is 0.395. The van der Waals surface area contributed by atoms with E-state index in [0.717, 1.165) is 31.2 Å². The van der Waals surface area contributed by atoms with Crippen LogP contribution in [0.25, 0.3) is 0 Å². The molecule has 0 unspecified atom stereocenters. The Morgan fingerprint density at radius 1 is 1.03 bits per heavy atom. The first-order chi connectivity index (χ1) is 18.2. The van der Waals surface area contributed by atoms with E-state index < -0.39 is 11.9 Å². The Hall–Kier alpha value is -3.01. The Kier molecular flexibility index (Phi) is 10.6. The number of hydrogen-bond donors (Lipinski definition) is 2. The molecule has 1 aliphatic rings. The van der Waals surface area contributed by atoms with Gasteiger partial charge < -0.3 is 34.5 Å². The SMILES string of the molecule is COC[C@H](NC(=O)c1cc(OC)c(OCc2ccc(Cl)cc2)c(OC)c1)C(=O)NCC1(N(C)C)CCCC1. The lowest BCUT2D eigenvalue weighted by Crippen LogP contribution is -2.55. The van der Waals surface area contributed by atoms with Gasteiger partial charge in [-0.1, -0.05) is 36.6 Å². The number of nitrogens with zero attached hydrogens (tertiary/aromatic N) is 1. The summed E-state index contributed by atoms with van der Waals surface area (Å²) in [5.41, 5.74) is 1.09. The summed E-state index contributed by atoms with van der Waals surface area (Å²) in [5, 5.41) is 6.44. The molecule has 0 aromatic heterocycles. The molecule has 0 heterocycles. The maximum absolute atomic E-state index is 13.2. The highest BCUT2D eigenvalue weighted by molar-refractivity contribution is 6.30. The van der Waals surface area contributed by atoms with Gasteiger partial charge in [0.15, 0.2) is 11.5 Å². The largest absolute Gasteiger partial charge is 0.493 e. The van der Waals surface area contributed by atoms with E-state index in [1.807, 2.05) is 26.2 Å². The van der Waals surface area contributed by atoms with Gasteiger partial charge >= 0.3 is 0 Å². The summed E-state index contributed by atoms with van der Waals surface area (Å²) in [5.74, 6) is 0.246. The number of amides is 2. The number of ether oxygens (including phenoxy) is 4. The van der Waals surface area contributed by atoms with Crippen molar-refractivity contribution in [3.63, 3.8) is 0 Å². The van der Waals surface area contributed by atoms with Gasteiger partial charge in [-0.15, -0.1) is 0 Å². The van der Waals surface area contributed by atoms with Crippen LogP contribution in [0, 0.1) is 0 Å². The number of nitrogens with one attached hydrogen (secondary N) is 2. The molecule has 2 aromatic rings. The topological polar surface area (TPSA) is 98.4 Å². The molecule has 1 atom stereocenters. The van der Waals surface area contributed by atoms with Crippen molar-refractivity contribution in [2.24, 2.45) is 0 Å². The predicted molar refractivity (Wildman–Crippen MR) is 146 cm³/mol. The van der Waals surface area contributed by atoms with Crippen molar-refractivity contribution in [2.45, 2.75) is 43.9 Å². The first kappa shape index (κ1) is 29.5. The zero-order valence-corrected chi connectivity index (χ0v) is 23.5. The second kappa shape index (κ2) is 13.7. The highest BCUT2D eigenvalue weighted by atomic mass is 35.5. The Bertz CT molecular complexity index is 1060. The van der Waals surface area contributed by atoms with E-state index >= 15 is 0 Å². The maximum Gasteiger partial charge on any atom is 0.252 e. The molecule has 208 valence electrons. The predicted octanol–water partition coefficient (Wildman–Crippen LogP) is 3.67. The van der Waals surface area contributed by atoms with Crippen LogP contribution in [-0.2, 0) is 16.1 Å². The number of hydrogen-bond acceptors (Lipinski definition) is 7. The third kappa shape index (κ3) is 7.30. The lowest BCUT2D eigenvalue weighted by molar-refractivity contribution is -0.124. The Morgan fingerprint density at radius 3 is 2.16 bits per heavy atom. The van der Waals surface area contributed by atoms with Gasteiger partial charge in [0.05, 0.1) is 20.8 Å². The van der Waals surface area contributed by atoms with Gasteiger partial charge in [0.25, 0.3) is 5.91 Å². The summed E-state index contributed by atoms with van der Waals surface area (Å²) in [6.07, 6.45) is 4.31. The molecule has 2 aromatic carbocycles. The van der Waals surface area contributed by atoms with Crippen LogP contribution in [0.3, 0.4) is 0 Å². The first-order valence-corrected chi connectivity index (χ1v) is 13.0. The minimum atomic E-state index is -0.870. The number of carbonyl (C=O) groups excluding carboxylic acids is 2. The Morgan fingerprint density at radius 2 is 1.63 bits per heavy atom. The molecular weight excluding hydrogens is 510 g/mol. The summed E-state index contributed by atoms with van der Waals surface area (Å²) >= 11 is 5.96. The van der Waals surface area contributed by atoms with Crippen LogP contribution in [0.1, 0.15) is 41.6 Å². The molecule has 2 amide bonds. The van der Waals surface area contributed by atoms with Gasteiger partial charge in [-0.2, -0.15) is 0 Å². The summed E-state index contributed by atoms with van der Waals surface area (Å²) < 4.78 is 22.2. The van der Waals surface area contributed by atoms with Crippen molar-refractivity contribution in [3.05, 3.63) is 52.5 Å². The van der Waals surface area contributed by atoms with Crippen molar-refractivity contribution >= 4 is 23.4 Å². The Balaban J connectivity index is 1.72. The van der Waals surface area contributed by atoms with Gasteiger partial charge in [0.1, 0.15) is 12.6 Å². The van der Waals surface area contributed by atoms with Crippen molar-refractivity contribution in [3.8, 4) is 17.2 Å². The summed E-state index contributed by atoms with van der Waals surface area (Å²) in [4.78, 5) is 28.4. The first-order valence-electron chi connectivity index (χ1n) is 12.6. The minimum absolute atomic E-state index is 0.0308. The van der Waals surface area contributed by atoms with Gasteiger partial charge in [-0.3, -0.25) is 9.59 Å². The molecule has 0 radical (unpaired) electrons. The van der Waals surface area contributed by atoms with Crippen molar-refractivity contribution in [2.75, 3.05) is 48.6 Å². The van der Waals surface area contributed by atoms with Gasteiger partial charge in [-0.05, 0) is 56.8 Å². The third-order valence-corrected chi connectivity index (χ3v) is 7.30. The molecule has 1 fully saturated rings. The van der Waals surface area contributed by atoms with E-state index in [1.54, 1.807) is 24.3 Å². The van der Waals surface area contributed by atoms with Gasteiger partial charge in [-0.25, -0.2) is 0 Å². The number of halogens is 1. The molecule has 3 rings (SSSR count). The van der Waals surface area contributed by atoms with Crippen LogP contribution < -0.4 is 24.8 Å². The number of rotatable bonds is 13. The number of methoxy groups -OCH3 is 3. The molecule has 0 spiro atoms.